The van der Waals surface area contributed by atoms with Gasteiger partial charge in [0, 0.05) is 18.7 Å². The zero-order chi connectivity index (χ0) is 22.2. The van der Waals surface area contributed by atoms with Crippen LogP contribution in [0.4, 0.5) is 5.13 Å². The molecule has 1 N–H and O–H groups in total. The summed E-state index contributed by atoms with van der Waals surface area (Å²) in [5.74, 6) is -0.318. The summed E-state index contributed by atoms with van der Waals surface area (Å²) >= 11 is 7.22. The van der Waals surface area contributed by atoms with Crippen LogP contribution in [-0.4, -0.2) is 32.8 Å². The van der Waals surface area contributed by atoms with Gasteiger partial charge in [-0.05, 0) is 35.7 Å². The predicted molar refractivity (Wildman–Crippen MR) is 129 cm³/mol. The standard InChI is InChI=1S/C22H18N4O3S3/c27-11-16-19(12-28)32-21(23-16)25-9-8-13-4-3-5-14(15(13)10-25)20(29)24-22-26(30)17-6-1-2-7-18(17)31-22/h1-7,11,28,30H,8-10,12H2. The van der Waals surface area contributed by atoms with E-state index in [0.29, 0.717) is 39.7 Å². The number of carbonyl (C=O) groups excluding carboxylic acids is 2. The number of aromatic nitrogens is 2. The molecule has 0 radical (unpaired) electrons. The van der Waals surface area contributed by atoms with Crippen LogP contribution in [0.15, 0.2) is 47.5 Å². The van der Waals surface area contributed by atoms with Gasteiger partial charge in [0.1, 0.15) is 5.69 Å². The summed E-state index contributed by atoms with van der Waals surface area (Å²) in [4.78, 5) is 36.3. The highest BCUT2D eigenvalue weighted by atomic mass is 32.1. The summed E-state index contributed by atoms with van der Waals surface area (Å²) in [5.41, 5.74) is 3.73. The Labute approximate surface area is 196 Å². The molecule has 1 aliphatic heterocycles. The molecule has 3 heterocycles. The maximum atomic E-state index is 13.2. The zero-order valence-corrected chi connectivity index (χ0v) is 19.3. The van der Waals surface area contributed by atoms with E-state index in [9.17, 15) is 14.7 Å². The van der Waals surface area contributed by atoms with Crippen LogP contribution in [0, 0.1) is 0 Å². The van der Waals surface area contributed by atoms with Crippen molar-refractivity contribution in [3.05, 3.63) is 74.5 Å². The molecule has 1 aliphatic rings. The van der Waals surface area contributed by atoms with Crippen molar-refractivity contribution in [2.24, 2.45) is 4.99 Å². The number of anilines is 1. The van der Waals surface area contributed by atoms with Gasteiger partial charge in [0.2, 0.25) is 4.80 Å². The maximum absolute atomic E-state index is 13.2. The number of hydrogen-bond donors (Lipinski definition) is 2. The minimum Gasteiger partial charge on any atom is -0.391 e. The number of carbonyl (C=O) groups is 2. The molecular formula is C22H18N4O3S3. The number of aldehydes is 1. The first-order valence-electron chi connectivity index (χ1n) is 9.89. The second kappa shape index (κ2) is 8.62. The van der Waals surface area contributed by atoms with E-state index in [1.54, 1.807) is 10.0 Å². The van der Waals surface area contributed by atoms with Gasteiger partial charge in [-0.3, -0.25) is 13.6 Å². The molecule has 32 heavy (non-hydrogen) atoms. The number of thiol groups is 1. The van der Waals surface area contributed by atoms with Crippen LogP contribution in [0.25, 0.3) is 10.2 Å². The highest BCUT2D eigenvalue weighted by Gasteiger charge is 2.24. The topological polar surface area (TPSA) is 87.8 Å². The van der Waals surface area contributed by atoms with Crippen LogP contribution in [0.3, 0.4) is 0 Å². The number of hydrogen-bond acceptors (Lipinski definition) is 8. The molecule has 2 aromatic heterocycles. The van der Waals surface area contributed by atoms with Crippen LogP contribution >= 0.6 is 35.5 Å². The van der Waals surface area contributed by atoms with Gasteiger partial charge in [-0.25, -0.2) is 4.98 Å². The summed E-state index contributed by atoms with van der Waals surface area (Å²) in [6.07, 6.45) is 1.41. The average molecular weight is 483 g/mol. The fraction of sp³-hybridized carbons (Fsp3) is 0.182. The molecule has 5 rings (SSSR count). The van der Waals surface area contributed by atoms with Crippen molar-refractivity contribution in [3.63, 3.8) is 0 Å². The number of aliphatic hydroxyl groups excluding tert-OH is 1. The lowest BCUT2D eigenvalue weighted by molar-refractivity contribution is 0.0996. The Hall–Kier alpha value is -2.79. The second-order valence-electron chi connectivity index (χ2n) is 7.28. The Morgan fingerprint density at radius 3 is 2.81 bits per heavy atom. The van der Waals surface area contributed by atoms with Crippen molar-refractivity contribution < 1.29 is 14.7 Å². The number of para-hydroxylation sites is 1. The molecule has 0 saturated heterocycles. The van der Waals surface area contributed by atoms with Gasteiger partial charge >= 0.3 is 0 Å². The molecule has 0 atom stereocenters. The molecule has 10 heteroatoms. The zero-order valence-electron chi connectivity index (χ0n) is 16.8. The number of thiazole rings is 2. The highest BCUT2D eigenvalue weighted by Crippen LogP contribution is 2.31. The number of nitrogens with zero attached hydrogens (tertiary/aromatic N) is 4. The highest BCUT2D eigenvalue weighted by molar-refractivity contribution is 7.79. The molecular weight excluding hydrogens is 464 g/mol. The first-order valence-corrected chi connectivity index (χ1v) is 11.9. The largest absolute Gasteiger partial charge is 0.391 e. The maximum Gasteiger partial charge on any atom is 0.280 e. The monoisotopic (exact) mass is 482 g/mol. The van der Waals surface area contributed by atoms with Crippen molar-refractivity contribution >= 4 is 63.0 Å². The van der Waals surface area contributed by atoms with Crippen molar-refractivity contribution in [2.45, 2.75) is 19.6 Å². The number of benzene rings is 2. The number of aliphatic hydroxyl groups is 1. The molecule has 0 bridgehead atoms. The van der Waals surface area contributed by atoms with Gasteiger partial charge in [-0.15, -0.1) is 0 Å². The van der Waals surface area contributed by atoms with Gasteiger partial charge in [-0.1, -0.05) is 59.8 Å². The van der Waals surface area contributed by atoms with E-state index < -0.39 is 0 Å². The minimum absolute atomic E-state index is 0.225. The molecule has 0 fully saturated rings. The Balaban J connectivity index is 1.51. The second-order valence-corrected chi connectivity index (χ2v) is 9.75. The SMILES string of the molecule is O=Cc1nc(N2CCc3cccc(C(=O)N=c4sc5ccccc5n4S)c3C2)sc1CO. The molecule has 0 aliphatic carbocycles. The lowest BCUT2D eigenvalue weighted by Crippen LogP contribution is -2.31. The Kier molecular flexibility index (Phi) is 5.68. The third-order valence-electron chi connectivity index (χ3n) is 5.42. The normalized spacial score (nSPS) is 14.1. The van der Waals surface area contributed by atoms with Crippen LogP contribution in [-0.2, 0) is 19.6 Å². The molecule has 0 spiro atoms. The minimum atomic E-state index is -0.318. The first kappa shape index (κ1) is 21.1. The van der Waals surface area contributed by atoms with Crippen molar-refractivity contribution in [1.29, 1.82) is 0 Å². The number of rotatable bonds is 4. The fourth-order valence-corrected chi connectivity index (χ4v) is 6.06. The van der Waals surface area contributed by atoms with E-state index in [4.69, 9.17) is 0 Å². The summed E-state index contributed by atoms with van der Waals surface area (Å²) in [7, 11) is 0. The van der Waals surface area contributed by atoms with Gasteiger partial charge in [-0.2, -0.15) is 4.99 Å². The third kappa shape index (κ3) is 3.69. The Morgan fingerprint density at radius 1 is 1.22 bits per heavy atom. The van der Waals surface area contributed by atoms with Crippen LogP contribution < -0.4 is 9.70 Å². The fourth-order valence-electron chi connectivity index (χ4n) is 3.82. The lowest BCUT2D eigenvalue weighted by Gasteiger charge is -2.29. The van der Waals surface area contributed by atoms with Gasteiger partial charge < -0.3 is 10.0 Å². The smallest absolute Gasteiger partial charge is 0.280 e. The van der Waals surface area contributed by atoms with E-state index >= 15 is 0 Å². The van der Waals surface area contributed by atoms with Crippen molar-refractivity contribution in [2.75, 3.05) is 11.4 Å². The molecule has 162 valence electrons. The van der Waals surface area contributed by atoms with Crippen molar-refractivity contribution in [3.8, 4) is 0 Å². The summed E-state index contributed by atoms with van der Waals surface area (Å²) < 4.78 is 2.64. The molecule has 1 amide bonds. The van der Waals surface area contributed by atoms with Gasteiger partial charge in [0.25, 0.3) is 5.91 Å². The molecule has 0 saturated carbocycles. The molecule has 7 nitrogen and oxygen atoms in total. The third-order valence-corrected chi connectivity index (χ3v) is 8.10. The van der Waals surface area contributed by atoms with Gasteiger partial charge in [0.15, 0.2) is 11.4 Å². The summed E-state index contributed by atoms with van der Waals surface area (Å²) in [6, 6.07) is 13.5. The van der Waals surface area contributed by atoms with Crippen LogP contribution in [0.2, 0.25) is 0 Å². The van der Waals surface area contributed by atoms with E-state index in [1.807, 2.05) is 41.3 Å². The molecule has 0 unspecified atom stereocenters. The van der Waals surface area contributed by atoms with E-state index in [-0.39, 0.29) is 18.2 Å². The Morgan fingerprint density at radius 2 is 2.06 bits per heavy atom. The van der Waals surface area contributed by atoms with E-state index in [2.05, 4.69) is 22.8 Å². The number of fused-ring (bicyclic) bond motifs is 2. The number of amides is 1. The van der Waals surface area contributed by atoms with Crippen LogP contribution in [0.1, 0.15) is 36.9 Å². The Bertz CT molecular complexity index is 1420. The van der Waals surface area contributed by atoms with E-state index in [1.165, 1.54) is 22.7 Å². The summed E-state index contributed by atoms with van der Waals surface area (Å²) in [6.45, 7) is 0.972. The molecule has 2 aromatic carbocycles. The molecule has 4 aromatic rings. The summed E-state index contributed by atoms with van der Waals surface area (Å²) in [5, 5.41) is 10.1. The predicted octanol–water partition coefficient (Wildman–Crippen LogP) is 3.46. The van der Waals surface area contributed by atoms with Crippen molar-refractivity contribution in [1.82, 2.24) is 8.96 Å². The van der Waals surface area contributed by atoms with Crippen LogP contribution in [0.5, 0.6) is 0 Å². The first-order chi connectivity index (χ1) is 15.6. The quantitative estimate of drug-likeness (QED) is 0.344. The van der Waals surface area contributed by atoms with E-state index in [0.717, 1.165) is 27.8 Å². The van der Waals surface area contributed by atoms with Gasteiger partial charge in [0.05, 0.1) is 21.7 Å². The lowest BCUT2D eigenvalue weighted by atomic mass is 9.95. The average Bonchev–Trinajstić information content (AvgIpc) is 3.39.